The molecule has 0 spiro atoms. The van der Waals surface area contributed by atoms with E-state index in [1.54, 1.807) is 44.5 Å². The van der Waals surface area contributed by atoms with E-state index in [0.29, 0.717) is 0 Å². The predicted molar refractivity (Wildman–Crippen MR) is 121 cm³/mol. The van der Waals surface area contributed by atoms with E-state index in [9.17, 15) is 0 Å². The average Bonchev–Trinajstić information content (AvgIpc) is 2.72. The molecule has 0 aliphatic heterocycles. The number of benzene rings is 2. The number of aryl methyl sites for hydroxylation is 4. The molecule has 0 N–H and O–H groups in total. The smallest absolute Gasteiger partial charge is 0.0270 e. The van der Waals surface area contributed by atoms with Crippen LogP contribution in [0.2, 0.25) is 0 Å². The molecule has 0 bridgehead atoms. The van der Waals surface area contributed by atoms with Crippen LogP contribution < -0.4 is 0 Å². The van der Waals surface area contributed by atoms with Crippen LogP contribution in [0.3, 0.4) is 0 Å². The molecule has 2 aromatic carbocycles. The summed E-state index contributed by atoms with van der Waals surface area (Å²) in [5.41, 5.74) is 12.8. The molecule has 0 amide bonds. The molecule has 0 unspecified atom stereocenters. The molecule has 0 radical (unpaired) electrons. The largest absolute Gasteiger partial charge is 0.0613 e. The summed E-state index contributed by atoms with van der Waals surface area (Å²) in [6.45, 7) is 13.8. The summed E-state index contributed by atoms with van der Waals surface area (Å²) in [7, 11) is 0. The van der Waals surface area contributed by atoms with E-state index >= 15 is 0 Å². The Balaban J connectivity index is 2.29. The van der Waals surface area contributed by atoms with Gasteiger partial charge < -0.3 is 0 Å². The van der Waals surface area contributed by atoms with Crippen molar-refractivity contribution in [2.75, 3.05) is 0 Å². The van der Waals surface area contributed by atoms with E-state index in [1.165, 1.54) is 19.3 Å². The molecule has 0 nitrogen and oxygen atoms in total. The van der Waals surface area contributed by atoms with Gasteiger partial charge in [0, 0.05) is 0 Å². The van der Waals surface area contributed by atoms with Crippen LogP contribution in [0.15, 0.2) is 24.3 Å². The van der Waals surface area contributed by atoms with Crippen LogP contribution in [0, 0.1) is 0 Å². The van der Waals surface area contributed by atoms with Crippen molar-refractivity contribution in [3.8, 4) is 0 Å². The summed E-state index contributed by atoms with van der Waals surface area (Å²) in [6, 6.07) is 9.52. The highest BCUT2D eigenvalue weighted by atomic mass is 14.2. The summed E-state index contributed by atoms with van der Waals surface area (Å²) in [5.74, 6) is 0. The molecule has 148 valence electrons. The lowest BCUT2D eigenvalue weighted by Crippen LogP contribution is -2.07. The SMILES string of the molecule is CCc1ccc(CC)c(CCCc2c(CC)ccc(CC)c2CC)c1CC. The van der Waals surface area contributed by atoms with Crippen molar-refractivity contribution in [2.24, 2.45) is 0 Å². The normalized spacial score (nSPS) is 11.2. The topological polar surface area (TPSA) is 0 Å². The van der Waals surface area contributed by atoms with Gasteiger partial charge in [-0.25, -0.2) is 0 Å². The number of hydrogen-bond acceptors (Lipinski definition) is 0. The lowest BCUT2D eigenvalue weighted by Gasteiger charge is -2.19. The zero-order valence-electron chi connectivity index (χ0n) is 18.7. The molecular formula is C27H40. The molecule has 0 fully saturated rings. The van der Waals surface area contributed by atoms with Gasteiger partial charge >= 0.3 is 0 Å². The Morgan fingerprint density at radius 2 is 0.704 bits per heavy atom. The first kappa shape index (κ1) is 21.7. The van der Waals surface area contributed by atoms with Gasteiger partial charge in [-0.05, 0) is 102 Å². The van der Waals surface area contributed by atoms with E-state index in [4.69, 9.17) is 0 Å². The highest BCUT2D eigenvalue weighted by molar-refractivity contribution is 5.43. The molecule has 0 aliphatic rings. The highest BCUT2D eigenvalue weighted by Gasteiger charge is 2.13. The molecule has 0 atom stereocenters. The second-order valence-corrected chi connectivity index (χ2v) is 7.66. The molecular weight excluding hydrogens is 324 g/mol. The summed E-state index contributed by atoms with van der Waals surface area (Å²) in [5, 5.41) is 0. The molecule has 0 heteroatoms. The quantitative estimate of drug-likeness (QED) is 0.417. The highest BCUT2D eigenvalue weighted by Crippen LogP contribution is 2.27. The van der Waals surface area contributed by atoms with Gasteiger partial charge in [-0.1, -0.05) is 65.8 Å². The Bertz CT molecular complexity index is 673. The Kier molecular flexibility index (Phi) is 8.61. The second-order valence-electron chi connectivity index (χ2n) is 7.66. The van der Waals surface area contributed by atoms with E-state index in [0.717, 1.165) is 38.5 Å². The lowest BCUT2D eigenvalue weighted by molar-refractivity contribution is 0.777. The van der Waals surface area contributed by atoms with Gasteiger partial charge in [0.25, 0.3) is 0 Å². The third kappa shape index (κ3) is 4.84. The summed E-state index contributed by atoms with van der Waals surface area (Å²) in [6.07, 6.45) is 10.6. The Morgan fingerprint density at radius 1 is 0.407 bits per heavy atom. The van der Waals surface area contributed by atoms with Gasteiger partial charge in [0.2, 0.25) is 0 Å². The van der Waals surface area contributed by atoms with Gasteiger partial charge in [-0.3, -0.25) is 0 Å². The van der Waals surface area contributed by atoms with Gasteiger partial charge in [0.15, 0.2) is 0 Å². The third-order valence-corrected chi connectivity index (χ3v) is 6.33. The van der Waals surface area contributed by atoms with Crippen LogP contribution >= 0.6 is 0 Å². The molecule has 0 aliphatic carbocycles. The van der Waals surface area contributed by atoms with Crippen LogP contribution in [0.25, 0.3) is 0 Å². The van der Waals surface area contributed by atoms with Crippen molar-refractivity contribution in [3.05, 3.63) is 68.8 Å². The average molecular weight is 365 g/mol. The van der Waals surface area contributed by atoms with Gasteiger partial charge in [-0.15, -0.1) is 0 Å². The maximum absolute atomic E-state index is 2.39. The molecule has 27 heavy (non-hydrogen) atoms. The molecule has 2 rings (SSSR count). The van der Waals surface area contributed by atoms with Crippen molar-refractivity contribution in [1.82, 2.24) is 0 Å². The van der Waals surface area contributed by atoms with E-state index in [2.05, 4.69) is 65.8 Å². The standard InChI is InChI=1S/C27H40/c1-7-20-16-18-22(9-3)26(24(20)11-5)14-13-15-27-23(10-4)19-17-21(8-2)25(27)12-6/h16-19H,7-15H2,1-6H3. The van der Waals surface area contributed by atoms with Gasteiger partial charge in [0.1, 0.15) is 0 Å². The maximum Gasteiger partial charge on any atom is -0.0270 e. The predicted octanol–water partition coefficient (Wildman–Crippen LogP) is 7.24. The summed E-state index contributed by atoms with van der Waals surface area (Å²) < 4.78 is 0. The summed E-state index contributed by atoms with van der Waals surface area (Å²) in [4.78, 5) is 0. The fourth-order valence-electron chi connectivity index (χ4n) is 4.85. The van der Waals surface area contributed by atoms with Crippen molar-refractivity contribution < 1.29 is 0 Å². The first-order valence-corrected chi connectivity index (χ1v) is 11.4. The van der Waals surface area contributed by atoms with Crippen LogP contribution in [0.1, 0.15) is 92.5 Å². The van der Waals surface area contributed by atoms with Crippen molar-refractivity contribution in [1.29, 1.82) is 0 Å². The van der Waals surface area contributed by atoms with E-state index in [-0.39, 0.29) is 0 Å². The molecule has 2 aromatic rings. The number of hydrogen-bond donors (Lipinski definition) is 0. The minimum atomic E-state index is 1.15. The molecule has 0 saturated heterocycles. The van der Waals surface area contributed by atoms with Gasteiger partial charge in [0.05, 0.1) is 0 Å². The Labute approximate surface area is 168 Å². The third-order valence-electron chi connectivity index (χ3n) is 6.33. The Hall–Kier alpha value is -1.56. The zero-order valence-corrected chi connectivity index (χ0v) is 18.7. The second kappa shape index (κ2) is 10.7. The van der Waals surface area contributed by atoms with Crippen molar-refractivity contribution in [3.63, 3.8) is 0 Å². The van der Waals surface area contributed by atoms with Crippen LogP contribution in [-0.4, -0.2) is 0 Å². The van der Waals surface area contributed by atoms with Crippen molar-refractivity contribution >= 4 is 0 Å². The molecule has 0 aromatic heterocycles. The minimum Gasteiger partial charge on any atom is -0.0613 e. The number of rotatable bonds is 10. The maximum atomic E-state index is 2.39. The molecule has 0 saturated carbocycles. The van der Waals surface area contributed by atoms with Crippen LogP contribution in [0.4, 0.5) is 0 Å². The first-order chi connectivity index (χ1) is 13.1. The van der Waals surface area contributed by atoms with Crippen molar-refractivity contribution in [2.45, 2.75) is 99.3 Å². The zero-order chi connectivity index (χ0) is 19.8. The Morgan fingerprint density at radius 3 is 0.963 bits per heavy atom. The minimum absolute atomic E-state index is 1.15. The first-order valence-electron chi connectivity index (χ1n) is 11.4. The van der Waals surface area contributed by atoms with Gasteiger partial charge in [-0.2, -0.15) is 0 Å². The van der Waals surface area contributed by atoms with Crippen LogP contribution in [0.5, 0.6) is 0 Å². The van der Waals surface area contributed by atoms with Crippen LogP contribution in [-0.2, 0) is 51.4 Å². The lowest BCUT2D eigenvalue weighted by atomic mass is 9.86. The van der Waals surface area contributed by atoms with E-state index in [1.807, 2.05) is 0 Å². The monoisotopic (exact) mass is 364 g/mol. The molecule has 0 heterocycles. The van der Waals surface area contributed by atoms with E-state index < -0.39 is 0 Å². The fourth-order valence-corrected chi connectivity index (χ4v) is 4.85. The fraction of sp³-hybridized carbons (Fsp3) is 0.556. The summed E-state index contributed by atoms with van der Waals surface area (Å²) >= 11 is 0.